The van der Waals surface area contributed by atoms with E-state index in [2.05, 4.69) is 16.9 Å². The Morgan fingerprint density at radius 2 is 2.50 bits per heavy atom. The van der Waals surface area contributed by atoms with Crippen LogP contribution in [0.25, 0.3) is 0 Å². The van der Waals surface area contributed by atoms with Crippen molar-refractivity contribution in [2.45, 2.75) is 12.5 Å². The van der Waals surface area contributed by atoms with Gasteiger partial charge in [-0.3, -0.25) is 10.4 Å². The van der Waals surface area contributed by atoms with Crippen LogP contribution < -0.4 is 10.6 Å². The molecule has 1 aromatic rings. The Balaban J connectivity index is 2.18. The van der Waals surface area contributed by atoms with E-state index in [1.54, 1.807) is 6.20 Å². The number of amidine groups is 1. The third kappa shape index (κ3) is 2.29. The van der Waals surface area contributed by atoms with E-state index in [4.69, 9.17) is 11.1 Å². The van der Waals surface area contributed by atoms with Gasteiger partial charge in [0, 0.05) is 30.7 Å². The minimum Gasteiger partial charge on any atom is -0.382 e. The summed E-state index contributed by atoms with van der Waals surface area (Å²) in [4.78, 5) is 6.32. The zero-order chi connectivity index (χ0) is 11.5. The first-order chi connectivity index (χ1) is 7.68. The van der Waals surface area contributed by atoms with Gasteiger partial charge in [0.2, 0.25) is 0 Å². The van der Waals surface area contributed by atoms with E-state index in [9.17, 15) is 0 Å². The number of nitrogens with zero attached hydrogens (tertiary/aromatic N) is 2. The summed E-state index contributed by atoms with van der Waals surface area (Å²) in [5.41, 5.74) is 7.08. The molecule has 1 unspecified atom stereocenters. The first-order valence-electron chi connectivity index (χ1n) is 5.29. The average Bonchev–Trinajstić information content (AvgIpc) is 2.81. The molecule has 0 saturated carbocycles. The van der Waals surface area contributed by atoms with Crippen LogP contribution >= 0.6 is 11.8 Å². The van der Waals surface area contributed by atoms with Gasteiger partial charge in [0.1, 0.15) is 11.5 Å². The van der Waals surface area contributed by atoms with Crippen molar-refractivity contribution in [3.63, 3.8) is 0 Å². The third-order valence-corrected chi connectivity index (χ3v) is 4.02. The van der Waals surface area contributed by atoms with Crippen LogP contribution in [0.5, 0.6) is 0 Å². The molecule has 1 aromatic heterocycles. The quantitative estimate of drug-likeness (QED) is 0.613. The summed E-state index contributed by atoms with van der Waals surface area (Å²) in [6, 6.07) is 4.44. The molecule has 1 atom stereocenters. The molecule has 2 heterocycles. The first-order valence-corrected chi connectivity index (χ1v) is 6.45. The van der Waals surface area contributed by atoms with Crippen LogP contribution in [0.4, 0.5) is 5.69 Å². The van der Waals surface area contributed by atoms with Crippen molar-refractivity contribution in [2.75, 3.05) is 23.5 Å². The summed E-state index contributed by atoms with van der Waals surface area (Å²) < 4.78 is 0. The maximum Gasteiger partial charge on any atom is 0.141 e. The lowest BCUT2D eigenvalue weighted by molar-refractivity contribution is 0.699. The van der Waals surface area contributed by atoms with Gasteiger partial charge < -0.3 is 10.6 Å². The summed E-state index contributed by atoms with van der Waals surface area (Å²) >= 11 is 1.99. The predicted molar refractivity (Wildman–Crippen MR) is 69.4 cm³/mol. The Kier molecular flexibility index (Phi) is 3.33. The van der Waals surface area contributed by atoms with Crippen molar-refractivity contribution in [1.29, 1.82) is 5.41 Å². The summed E-state index contributed by atoms with van der Waals surface area (Å²) in [5.74, 6) is 2.43. The van der Waals surface area contributed by atoms with E-state index in [0.717, 1.165) is 5.69 Å². The van der Waals surface area contributed by atoms with Crippen molar-refractivity contribution in [1.82, 2.24) is 4.98 Å². The summed E-state index contributed by atoms with van der Waals surface area (Å²) in [6.07, 6.45) is 2.93. The number of anilines is 1. The molecule has 1 fully saturated rings. The van der Waals surface area contributed by atoms with Crippen LogP contribution in [0.1, 0.15) is 12.1 Å². The molecule has 4 nitrogen and oxygen atoms in total. The fourth-order valence-electron chi connectivity index (χ4n) is 1.82. The second kappa shape index (κ2) is 4.74. The van der Waals surface area contributed by atoms with Crippen LogP contribution in [0.3, 0.4) is 0 Å². The molecule has 0 spiro atoms. The molecule has 1 aliphatic heterocycles. The van der Waals surface area contributed by atoms with E-state index in [1.165, 1.54) is 17.9 Å². The van der Waals surface area contributed by atoms with Gasteiger partial charge in [-0.05, 0) is 24.3 Å². The monoisotopic (exact) mass is 236 g/mol. The zero-order valence-electron chi connectivity index (χ0n) is 9.31. The smallest absolute Gasteiger partial charge is 0.141 e. The van der Waals surface area contributed by atoms with Crippen molar-refractivity contribution < 1.29 is 0 Å². The molecular formula is C11H16N4S. The standard InChI is InChI=1S/C11H16N4S/c1-15(9-3-5-16-7-9)8-2-4-14-10(6-8)11(12)13/h2,4,6,9H,3,5,7H2,1H3,(H3,12,13). The Bertz CT molecular complexity index is 387. The SMILES string of the molecule is CN(c1ccnc(C(=N)N)c1)C1CCSC1. The number of nitrogen functional groups attached to an aromatic ring is 1. The first kappa shape index (κ1) is 11.3. The van der Waals surface area contributed by atoms with Crippen LogP contribution in [0, 0.1) is 5.41 Å². The van der Waals surface area contributed by atoms with E-state index in [0.29, 0.717) is 11.7 Å². The van der Waals surface area contributed by atoms with Crippen molar-refractivity contribution in [3.05, 3.63) is 24.0 Å². The molecular weight excluding hydrogens is 220 g/mol. The Morgan fingerprint density at radius 1 is 1.69 bits per heavy atom. The lowest BCUT2D eigenvalue weighted by Gasteiger charge is -2.26. The molecule has 1 saturated heterocycles. The van der Waals surface area contributed by atoms with Gasteiger partial charge in [0.05, 0.1) is 0 Å². The van der Waals surface area contributed by atoms with Gasteiger partial charge in [-0.25, -0.2) is 0 Å². The molecule has 1 aliphatic rings. The largest absolute Gasteiger partial charge is 0.382 e. The van der Waals surface area contributed by atoms with Crippen molar-refractivity contribution in [3.8, 4) is 0 Å². The molecule has 0 amide bonds. The van der Waals surface area contributed by atoms with Crippen LogP contribution in [-0.2, 0) is 0 Å². The maximum atomic E-state index is 7.38. The number of nitrogens with two attached hydrogens (primary N) is 1. The highest BCUT2D eigenvalue weighted by atomic mass is 32.2. The van der Waals surface area contributed by atoms with Crippen LogP contribution in [-0.4, -0.2) is 35.4 Å². The van der Waals surface area contributed by atoms with E-state index in [-0.39, 0.29) is 5.84 Å². The van der Waals surface area contributed by atoms with E-state index < -0.39 is 0 Å². The molecule has 2 rings (SSSR count). The second-order valence-corrected chi connectivity index (χ2v) is 5.09. The van der Waals surface area contributed by atoms with E-state index >= 15 is 0 Å². The van der Waals surface area contributed by atoms with Crippen LogP contribution in [0.15, 0.2) is 18.3 Å². The lowest BCUT2D eigenvalue weighted by Crippen LogP contribution is -2.31. The van der Waals surface area contributed by atoms with E-state index in [1.807, 2.05) is 23.9 Å². The fourth-order valence-corrected chi connectivity index (χ4v) is 3.09. The zero-order valence-corrected chi connectivity index (χ0v) is 10.1. The molecule has 86 valence electrons. The Hall–Kier alpha value is -1.23. The van der Waals surface area contributed by atoms with Gasteiger partial charge in [-0.2, -0.15) is 11.8 Å². The Labute approximate surface area is 99.7 Å². The molecule has 0 aromatic carbocycles. The number of aromatic nitrogens is 1. The highest BCUT2D eigenvalue weighted by Gasteiger charge is 2.20. The number of nitrogens with one attached hydrogen (secondary N) is 1. The summed E-state index contributed by atoms with van der Waals surface area (Å²) in [6.45, 7) is 0. The number of rotatable bonds is 3. The maximum absolute atomic E-state index is 7.38. The topological polar surface area (TPSA) is 66.0 Å². The predicted octanol–water partition coefficient (Wildman–Crippen LogP) is 1.31. The van der Waals surface area contributed by atoms with Gasteiger partial charge in [-0.1, -0.05) is 0 Å². The van der Waals surface area contributed by atoms with Crippen molar-refractivity contribution in [2.24, 2.45) is 5.73 Å². The molecule has 5 heteroatoms. The average molecular weight is 236 g/mol. The molecule has 0 bridgehead atoms. The van der Waals surface area contributed by atoms with Gasteiger partial charge in [-0.15, -0.1) is 0 Å². The Morgan fingerprint density at radius 3 is 3.12 bits per heavy atom. The van der Waals surface area contributed by atoms with Gasteiger partial charge in [0.15, 0.2) is 0 Å². The number of hydrogen-bond donors (Lipinski definition) is 2. The molecule has 16 heavy (non-hydrogen) atoms. The lowest BCUT2D eigenvalue weighted by atomic mass is 10.2. The normalized spacial score (nSPS) is 19.7. The molecule has 0 radical (unpaired) electrons. The number of thioether (sulfide) groups is 1. The minimum absolute atomic E-state index is 0.0241. The van der Waals surface area contributed by atoms with Crippen LogP contribution in [0.2, 0.25) is 0 Å². The fraction of sp³-hybridized carbons (Fsp3) is 0.455. The third-order valence-electron chi connectivity index (χ3n) is 2.88. The number of pyridine rings is 1. The minimum atomic E-state index is 0.0241. The van der Waals surface area contributed by atoms with Gasteiger partial charge >= 0.3 is 0 Å². The second-order valence-electron chi connectivity index (χ2n) is 3.94. The number of hydrogen-bond acceptors (Lipinski definition) is 4. The molecule has 0 aliphatic carbocycles. The van der Waals surface area contributed by atoms with Crippen molar-refractivity contribution >= 4 is 23.3 Å². The highest BCUT2D eigenvalue weighted by Crippen LogP contribution is 2.25. The molecule has 3 N–H and O–H groups in total. The highest BCUT2D eigenvalue weighted by molar-refractivity contribution is 7.99. The van der Waals surface area contributed by atoms with Gasteiger partial charge in [0.25, 0.3) is 0 Å². The summed E-state index contributed by atoms with van der Waals surface area (Å²) in [5, 5.41) is 7.38. The summed E-state index contributed by atoms with van der Waals surface area (Å²) in [7, 11) is 2.09.